The van der Waals surface area contributed by atoms with Gasteiger partial charge in [-0.2, -0.15) is 0 Å². The number of rotatable bonds is 16. The highest BCUT2D eigenvalue weighted by Gasteiger charge is 2.64. The summed E-state index contributed by atoms with van der Waals surface area (Å²) in [5.41, 5.74) is 6.27. The molecule has 0 aliphatic carbocycles. The lowest BCUT2D eigenvalue weighted by molar-refractivity contribution is -0.385. The molecule has 26 heteroatoms. The van der Waals surface area contributed by atoms with Gasteiger partial charge in [0.25, 0.3) is 23.0 Å². The van der Waals surface area contributed by atoms with Gasteiger partial charge < -0.3 is 35.0 Å². The Morgan fingerprint density at radius 1 is 0.818 bits per heavy atom. The van der Waals surface area contributed by atoms with Crippen molar-refractivity contribution in [1.82, 2.24) is 20.1 Å². The highest BCUT2D eigenvalue weighted by Crippen LogP contribution is 2.51. The Hall–Kier alpha value is -7.74. The number of fused-ring (bicyclic) bond motifs is 1. The number of ether oxygens (including phenoxy) is 3. The van der Waals surface area contributed by atoms with Gasteiger partial charge >= 0.3 is 18.0 Å². The predicted octanol–water partition coefficient (Wildman–Crippen LogP) is 3.98. The van der Waals surface area contributed by atoms with Gasteiger partial charge in [0, 0.05) is 52.9 Å². The van der Waals surface area contributed by atoms with E-state index in [4.69, 9.17) is 24.8 Å². The number of β-lactam (4-membered cyclic amide) rings is 1. The zero-order valence-corrected chi connectivity index (χ0v) is 36.2. The highest BCUT2D eigenvalue weighted by molar-refractivity contribution is 8.01. The van der Waals surface area contributed by atoms with Gasteiger partial charge in [-0.1, -0.05) is 5.16 Å². The first-order valence-electron chi connectivity index (χ1n) is 19.6. The maximum atomic E-state index is 14.0. The number of carbonyl (C=O) groups excluding carboxylic acids is 5. The summed E-state index contributed by atoms with van der Waals surface area (Å²) >= 11 is 2.24. The third-order valence-corrected chi connectivity index (χ3v) is 12.8. The molecule has 4 heterocycles. The number of nitrogens with one attached hydrogen (secondary N) is 1. The first kappa shape index (κ1) is 46.3. The number of nitrogen functional groups attached to an aromatic ring is 1. The molecule has 3 aromatic carbocycles. The fraction of sp³-hybridized carbons (Fsp3) is 0.325. The molecular weight excluding hydrogens is 911 g/mol. The van der Waals surface area contributed by atoms with E-state index < -0.39 is 84.7 Å². The zero-order valence-electron chi connectivity index (χ0n) is 34.6. The van der Waals surface area contributed by atoms with Crippen LogP contribution in [0.4, 0.5) is 27.0 Å². The molecule has 66 heavy (non-hydrogen) atoms. The van der Waals surface area contributed by atoms with Crippen molar-refractivity contribution in [2.75, 3.05) is 12.3 Å². The van der Waals surface area contributed by atoms with Crippen LogP contribution >= 0.6 is 23.1 Å². The summed E-state index contributed by atoms with van der Waals surface area (Å²) in [6.45, 7) is 2.34. The van der Waals surface area contributed by atoms with E-state index in [9.17, 15) is 54.3 Å². The number of thiazole rings is 1. The van der Waals surface area contributed by atoms with Crippen LogP contribution in [0.5, 0.6) is 0 Å². The highest BCUT2D eigenvalue weighted by atomic mass is 32.2. The fourth-order valence-electron chi connectivity index (χ4n) is 7.22. The number of esters is 2. The topological polar surface area (TPSA) is 321 Å². The maximum Gasteiger partial charge on any atom is 0.410 e. The maximum absolute atomic E-state index is 14.0. The van der Waals surface area contributed by atoms with Gasteiger partial charge in [-0.3, -0.25) is 44.8 Å². The van der Waals surface area contributed by atoms with Crippen LogP contribution in [-0.4, -0.2) is 106 Å². The van der Waals surface area contributed by atoms with Gasteiger partial charge in [-0.05, 0) is 66.9 Å². The summed E-state index contributed by atoms with van der Waals surface area (Å²) in [5, 5.41) is 40.7. The molecule has 1 aromatic heterocycles. The summed E-state index contributed by atoms with van der Waals surface area (Å²) in [6, 6.07) is 12.5. The third-order valence-electron chi connectivity index (χ3n) is 10.6. The van der Waals surface area contributed by atoms with Gasteiger partial charge in [-0.25, -0.2) is 19.4 Å². The summed E-state index contributed by atoms with van der Waals surface area (Å²) in [5.74, 6) is -3.10. The van der Waals surface area contributed by atoms with Crippen LogP contribution in [-0.2, 0) is 58.0 Å². The summed E-state index contributed by atoms with van der Waals surface area (Å²) in [6.07, 6.45) is -2.25. The molecule has 344 valence electrons. The number of aromatic nitrogens is 1. The number of anilines is 1. The smallest absolute Gasteiger partial charge is 0.410 e. The molecule has 0 radical (unpaired) electrons. The van der Waals surface area contributed by atoms with Crippen LogP contribution in [0.3, 0.4) is 0 Å². The van der Waals surface area contributed by atoms with Gasteiger partial charge in [0.15, 0.2) is 10.8 Å². The van der Waals surface area contributed by atoms with E-state index in [1.807, 2.05) is 0 Å². The molecule has 0 spiro atoms. The number of non-ortho nitro benzene ring substituents is 3. The Morgan fingerprint density at radius 2 is 1.32 bits per heavy atom. The number of thioether (sulfide) groups is 1. The molecule has 3 aliphatic heterocycles. The van der Waals surface area contributed by atoms with E-state index in [0.29, 0.717) is 16.7 Å². The van der Waals surface area contributed by atoms with E-state index in [2.05, 4.69) is 15.5 Å². The summed E-state index contributed by atoms with van der Waals surface area (Å²) in [4.78, 5) is 112. The molecule has 7 rings (SSSR count). The van der Waals surface area contributed by atoms with Gasteiger partial charge in [-0.15, -0.1) is 23.1 Å². The van der Waals surface area contributed by atoms with Crippen molar-refractivity contribution >= 4 is 80.9 Å². The lowest BCUT2D eigenvalue weighted by atomic mass is 9.96. The third kappa shape index (κ3) is 10.1. The number of likely N-dealkylation sites (tertiary alicyclic amines) is 1. The number of benzene rings is 3. The zero-order chi connectivity index (χ0) is 47.4. The SMILES string of the molecule is CC1(C)S[C@@H]2[C@H](NC(=O)/C(=N\O[C@H]3C[C@@H](C(=O)OCc4ccc([N+](=O)[O-])cc4)N(C(=O)OCc4ccc([N+](=O)[O-])cc4)C3)c3csc(N)n3)C(=O)N2[C@H]1C(=O)OCc1ccc([N+](=O)[O-])cc1. The molecule has 3 fully saturated rings. The number of nitrogens with zero attached hydrogens (tertiary/aromatic N) is 7. The van der Waals surface area contributed by atoms with Crippen molar-refractivity contribution in [2.24, 2.45) is 5.16 Å². The van der Waals surface area contributed by atoms with Gasteiger partial charge in [0.2, 0.25) is 5.91 Å². The van der Waals surface area contributed by atoms with E-state index in [1.165, 1.54) is 94.8 Å². The Labute approximate surface area is 380 Å². The molecule has 0 saturated carbocycles. The van der Waals surface area contributed by atoms with E-state index in [0.717, 1.165) is 16.2 Å². The van der Waals surface area contributed by atoms with Crippen molar-refractivity contribution in [3.63, 3.8) is 0 Å². The molecule has 3 N–H and O–H groups in total. The molecule has 3 saturated heterocycles. The van der Waals surface area contributed by atoms with Crippen LogP contribution < -0.4 is 11.1 Å². The Morgan fingerprint density at radius 3 is 1.80 bits per heavy atom. The molecule has 3 amide bonds. The van der Waals surface area contributed by atoms with Crippen LogP contribution in [0, 0.1) is 30.3 Å². The molecule has 3 aliphatic rings. The Kier molecular flexibility index (Phi) is 13.4. The molecule has 0 bridgehead atoms. The molecule has 4 aromatic rings. The van der Waals surface area contributed by atoms with Crippen LogP contribution in [0.1, 0.15) is 42.7 Å². The van der Waals surface area contributed by atoms with Gasteiger partial charge in [0.05, 0.1) is 21.3 Å². The second kappa shape index (κ2) is 19.2. The molecular formula is C40H37N9O15S2. The first-order chi connectivity index (χ1) is 31.4. The fourth-order valence-corrected chi connectivity index (χ4v) is 9.39. The van der Waals surface area contributed by atoms with Crippen molar-refractivity contribution in [3.8, 4) is 0 Å². The van der Waals surface area contributed by atoms with E-state index in [-0.39, 0.29) is 60.7 Å². The molecule has 5 atom stereocenters. The minimum absolute atomic E-state index is 0.0258. The van der Waals surface area contributed by atoms with Crippen LogP contribution in [0.2, 0.25) is 0 Å². The van der Waals surface area contributed by atoms with E-state index in [1.54, 1.807) is 13.8 Å². The number of hydrogen-bond donors (Lipinski definition) is 2. The minimum atomic E-state index is -1.31. The number of amides is 3. The van der Waals surface area contributed by atoms with Crippen molar-refractivity contribution < 1.29 is 57.8 Å². The van der Waals surface area contributed by atoms with Crippen molar-refractivity contribution in [1.29, 1.82) is 0 Å². The summed E-state index contributed by atoms with van der Waals surface area (Å²) in [7, 11) is 0. The lowest BCUT2D eigenvalue weighted by Gasteiger charge is -2.43. The number of carbonyl (C=O) groups is 5. The Balaban J connectivity index is 1.03. The first-order valence-corrected chi connectivity index (χ1v) is 21.4. The molecule has 24 nitrogen and oxygen atoms in total. The van der Waals surface area contributed by atoms with Crippen LogP contribution in [0.25, 0.3) is 0 Å². The Bertz CT molecular complexity index is 2530. The van der Waals surface area contributed by atoms with Crippen molar-refractivity contribution in [2.45, 2.75) is 74.4 Å². The predicted molar refractivity (Wildman–Crippen MR) is 230 cm³/mol. The van der Waals surface area contributed by atoms with E-state index >= 15 is 0 Å². The summed E-state index contributed by atoms with van der Waals surface area (Å²) < 4.78 is 15.6. The lowest BCUT2D eigenvalue weighted by Crippen LogP contribution is -2.71. The minimum Gasteiger partial charge on any atom is -0.459 e. The quantitative estimate of drug-likeness (QED) is 0.0400. The monoisotopic (exact) mass is 947 g/mol. The van der Waals surface area contributed by atoms with Crippen LogP contribution in [0.15, 0.2) is 83.3 Å². The normalized spacial score (nSPS) is 20.7. The number of nitro groups is 3. The second-order valence-electron chi connectivity index (χ2n) is 15.4. The molecule has 0 unspecified atom stereocenters. The average Bonchev–Trinajstić information content (AvgIpc) is 4.00. The number of nitrogens with two attached hydrogens (primary N) is 1. The average molecular weight is 948 g/mol. The number of nitro benzene ring substituents is 3. The largest absolute Gasteiger partial charge is 0.459 e. The number of hydrogen-bond acceptors (Lipinski definition) is 20. The standard InChI is InChI=1S/C40H37N9O15S2/c1-40(2)32(37(53)62-18-22-5-11-25(12-6-22)48(57)58)46-34(51)31(35(46)66-40)43-33(50)30(28-20-65-38(41)42-28)44-64-27-15-29(36(52)61-17-21-3-9-24(10-4-21)47(55)56)45(16-27)39(54)63-19-23-7-13-26(14-8-23)49(59)60/h3-14,20,27,29,31-32,35H,15-19H2,1-2H3,(H2,41,42)(H,43,50)/b44-30-/t27-,29-,31+,32-,35+/m0/s1. The number of oxime groups is 1. The van der Waals surface area contributed by atoms with Crippen molar-refractivity contribution in [3.05, 3.63) is 131 Å². The van der Waals surface area contributed by atoms with Gasteiger partial charge in [0.1, 0.15) is 55.1 Å². The second-order valence-corrected chi connectivity index (χ2v) is 18.1.